The Morgan fingerprint density at radius 3 is 2.58 bits per heavy atom. The first-order valence-electron chi connectivity index (χ1n) is 7.09. The number of hydrogen-bond donors (Lipinski definition) is 1. The second kappa shape index (κ2) is 4.67. The van der Waals surface area contributed by atoms with E-state index in [1.165, 1.54) is 0 Å². The van der Waals surface area contributed by atoms with Gasteiger partial charge in [0.25, 0.3) is 0 Å². The van der Waals surface area contributed by atoms with Crippen LogP contribution in [0.5, 0.6) is 0 Å². The molecule has 0 unspecified atom stereocenters. The third kappa shape index (κ3) is 2.18. The van der Waals surface area contributed by atoms with Crippen molar-refractivity contribution >= 4 is 11.4 Å². The van der Waals surface area contributed by atoms with Crippen molar-refractivity contribution in [3.63, 3.8) is 0 Å². The van der Waals surface area contributed by atoms with Gasteiger partial charge in [-0.15, -0.1) is 0 Å². The number of likely N-dealkylation sites (N-methyl/N-ethyl adjacent to an activating group) is 1. The van der Waals surface area contributed by atoms with E-state index in [1.807, 2.05) is 6.07 Å². The van der Waals surface area contributed by atoms with Gasteiger partial charge in [0.05, 0.1) is 5.69 Å². The number of piperazine rings is 1. The molecular weight excluding hydrogens is 241 g/mol. The van der Waals surface area contributed by atoms with Crippen LogP contribution in [0.1, 0.15) is 19.4 Å². The number of halogens is 1. The lowest BCUT2D eigenvalue weighted by Crippen LogP contribution is -2.55. The van der Waals surface area contributed by atoms with Crippen LogP contribution in [0.3, 0.4) is 0 Å². The summed E-state index contributed by atoms with van der Waals surface area (Å²) in [5.74, 6) is -0.0774. The second-order valence-electron chi connectivity index (χ2n) is 5.91. The topological polar surface area (TPSA) is 18.5 Å². The van der Waals surface area contributed by atoms with E-state index >= 15 is 0 Å². The molecule has 0 radical (unpaired) electrons. The third-order valence-electron chi connectivity index (χ3n) is 4.58. The quantitative estimate of drug-likeness (QED) is 0.839. The molecule has 1 fully saturated rings. The molecule has 1 saturated heterocycles. The Balaban J connectivity index is 1.90. The molecule has 2 aliphatic rings. The molecule has 0 spiro atoms. The van der Waals surface area contributed by atoms with Crippen molar-refractivity contribution in [1.29, 1.82) is 0 Å². The minimum atomic E-state index is -0.0774. The average molecular weight is 263 g/mol. The van der Waals surface area contributed by atoms with Crippen molar-refractivity contribution in [3.05, 3.63) is 23.5 Å². The zero-order valence-corrected chi connectivity index (χ0v) is 11.9. The maximum atomic E-state index is 14.3. The van der Waals surface area contributed by atoms with Gasteiger partial charge in [-0.3, -0.25) is 4.90 Å². The summed E-state index contributed by atoms with van der Waals surface area (Å²) in [7, 11) is 2.15. The smallest absolute Gasteiger partial charge is 0.146 e. The number of nitrogens with one attached hydrogen (secondary N) is 1. The van der Waals surface area contributed by atoms with Gasteiger partial charge in [-0.2, -0.15) is 0 Å². The number of anilines is 2. The summed E-state index contributed by atoms with van der Waals surface area (Å²) in [5, 5.41) is 3.33. The first-order chi connectivity index (χ1) is 9.06. The van der Waals surface area contributed by atoms with Gasteiger partial charge in [0.2, 0.25) is 0 Å². The lowest BCUT2D eigenvalue weighted by Gasteiger charge is -2.43. The molecule has 1 aromatic rings. The van der Waals surface area contributed by atoms with Gasteiger partial charge in [-0.25, -0.2) is 4.39 Å². The van der Waals surface area contributed by atoms with Crippen LogP contribution in [0, 0.1) is 5.82 Å². The van der Waals surface area contributed by atoms with Crippen LogP contribution in [0.2, 0.25) is 0 Å². The van der Waals surface area contributed by atoms with E-state index in [0.717, 1.165) is 43.0 Å². The molecule has 19 heavy (non-hydrogen) atoms. The summed E-state index contributed by atoms with van der Waals surface area (Å²) < 4.78 is 14.3. The molecule has 1 aromatic carbocycles. The zero-order valence-electron chi connectivity index (χ0n) is 11.9. The van der Waals surface area contributed by atoms with E-state index in [1.54, 1.807) is 6.07 Å². The number of benzene rings is 1. The van der Waals surface area contributed by atoms with E-state index < -0.39 is 0 Å². The maximum absolute atomic E-state index is 14.3. The van der Waals surface area contributed by atoms with Crippen LogP contribution < -0.4 is 10.2 Å². The molecular formula is C15H22FN3. The Kier molecular flexibility index (Phi) is 3.13. The first-order valence-corrected chi connectivity index (χ1v) is 7.09. The minimum absolute atomic E-state index is 0.0774. The fourth-order valence-corrected chi connectivity index (χ4v) is 3.15. The molecule has 2 heterocycles. The predicted molar refractivity (Wildman–Crippen MR) is 77.5 cm³/mol. The predicted octanol–water partition coefficient (Wildman–Crippen LogP) is 2.32. The van der Waals surface area contributed by atoms with Gasteiger partial charge in [0.1, 0.15) is 5.82 Å². The number of rotatable bonds is 1. The summed E-state index contributed by atoms with van der Waals surface area (Å²) in [6.45, 7) is 7.10. The maximum Gasteiger partial charge on any atom is 0.146 e. The SMILES string of the molecule is C[C@@H]1CN(c2cc3c(cc2F)CCN3)C[C@H](C)N1C. The van der Waals surface area contributed by atoms with Gasteiger partial charge >= 0.3 is 0 Å². The lowest BCUT2D eigenvalue weighted by molar-refractivity contribution is 0.169. The van der Waals surface area contributed by atoms with Crippen LogP contribution in [-0.4, -0.2) is 43.7 Å². The summed E-state index contributed by atoms with van der Waals surface area (Å²) in [6, 6.07) is 4.59. The summed E-state index contributed by atoms with van der Waals surface area (Å²) >= 11 is 0. The van der Waals surface area contributed by atoms with Crippen molar-refractivity contribution in [1.82, 2.24) is 4.90 Å². The molecule has 0 aliphatic carbocycles. The summed E-state index contributed by atoms with van der Waals surface area (Å²) in [6.07, 6.45) is 0.933. The highest BCUT2D eigenvalue weighted by molar-refractivity contribution is 5.65. The fraction of sp³-hybridized carbons (Fsp3) is 0.600. The van der Waals surface area contributed by atoms with Crippen LogP contribution in [0.15, 0.2) is 12.1 Å². The molecule has 3 nitrogen and oxygen atoms in total. The Bertz CT molecular complexity index is 477. The highest BCUT2D eigenvalue weighted by Gasteiger charge is 2.28. The molecule has 0 aromatic heterocycles. The van der Waals surface area contributed by atoms with Gasteiger partial charge in [-0.1, -0.05) is 0 Å². The number of hydrogen-bond acceptors (Lipinski definition) is 3. The van der Waals surface area contributed by atoms with Crippen LogP contribution in [0.25, 0.3) is 0 Å². The van der Waals surface area contributed by atoms with Gasteiger partial charge in [0, 0.05) is 37.4 Å². The van der Waals surface area contributed by atoms with Gasteiger partial charge in [-0.05, 0) is 45.0 Å². The highest BCUT2D eigenvalue weighted by atomic mass is 19.1. The van der Waals surface area contributed by atoms with E-state index in [-0.39, 0.29) is 5.82 Å². The fourth-order valence-electron chi connectivity index (χ4n) is 3.15. The van der Waals surface area contributed by atoms with Crippen molar-refractivity contribution in [2.24, 2.45) is 0 Å². The summed E-state index contributed by atoms with van der Waals surface area (Å²) in [5.41, 5.74) is 2.96. The van der Waals surface area contributed by atoms with E-state index in [2.05, 4.69) is 36.0 Å². The first kappa shape index (κ1) is 12.7. The normalized spacial score (nSPS) is 27.3. The Hall–Kier alpha value is -1.29. The second-order valence-corrected chi connectivity index (χ2v) is 5.91. The zero-order chi connectivity index (χ0) is 13.6. The van der Waals surface area contributed by atoms with Gasteiger partial charge in [0.15, 0.2) is 0 Å². The van der Waals surface area contributed by atoms with Gasteiger partial charge < -0.3 is 10.2 Å². The Morgan fingerprint density at radius 1 is 1.21 bits per heavy atom. The molecule has 4 heteroatoms. The average Bonchev–Trinajstić information content (AvgIpc) is 2.81. The number of fused-ring (bicyclic) bond motifs is 1. The van der Waals surface area contributed by atoms with Crippen molar-refractivity contribution in [2.75, 3.05) is 36.9 Å². The number of nitrogens with zero attached hydrogens (tertiary/aromatic N) is 2. The van der Waals surface area contributed by atoms with Crippen molar-refractivity contribution in [2.45, 2.75) is 32.4 Å². The largest absolute Gasteiger partial charge is 0.384 e. The monoisotopic (exact) mass is 263 g/mol. The summed E-state index contributed by atoms with van der Waals surface area (Å²) in [4.78, 5) is 4.55. The van der Waals surface area contributed by atoms with E-state index in [0.29, 0.717) is 12.1 Å². The highest BCUT2D eigenvalue weighted by Crippen LogP contribution is 2.32. The van der Waals surface area contributed by atoms with E-state index in [4.69, 9.17) is 0 Å². The van der Waals surface area contributed by atoms with E-state index in [9.17, 15) is 4.39 Å². The molecule has 3 rings (SSSR count). The standard InChI is InChI=1S/C15H22FN3/c1-10-8-19(9-11(2)18(10)3)15-7-14-12(4-5-17-14)6-13(15)16/h6-7,10-11,17H,4-5,8-9H2,1-3H3/t10-,11+. The van der Waals surface area contributed by atoms with Crippen molar-refractivity contribution in [3.8, 4) is 0 Å². The Morgan fingerprint density at radius 2 is 1.89 bits per heavy atom. The molecule has 0 amide bonds. The minimum Gasteiger partial charge on any atom is -0.384 e. The lowest BCUT2D eigenvalue weighted by atomic mass is 10.1. The van der Waals surface area contributed by atoms with Crippen molar-refractivity contribution < 1.29 is 4.39 Å². The molecule has 104 valence electrons. The Labute approximate surface area is 114 Å². The third-order valence-corrected chi connectivity index (χ3v) is 4.58. The molecule has 2 atom stereocenters. The van der Waals surface area contributed by atoms with Crippen LogP contribution in [-0.2, 0) is 6.42 Å². The molecule has 0 bridgehead atoms. The van der Waals surface area contributed by atoms with Crippen LogP contribution >= 0.6 is 0 Å². The molecule has 2 aliphatic heterocycles. The molecule has 0 saturated carbocycles. The molecule has 1 N–H and O–H groups in total. The van der Waals surface area contributed by atoms with Crippen LogP contribution in [0.4, 0.5) is 15.8 Å².